The van der Waals surface area contributed by atoms with Gasteiger partial charge >= 0.3 is 0 Å². The molecule has 1 amide bonds. The van der Waals surface area contributed by atoms with E-state index in [1.54, 1.807) is 24.5 Å². The van der Waals surface area contributed by atoms with Crippen LogP contribution in [-0.2, 0) is 4.79 Å². The molecule has 2 rings (SSSR count). The van der Waals surface area contributed by atoms with E-state index in [2.05, 4.69) is 5.32 Å². The van der Waals surface area contributed by atoms with Crippen molar-refractivity contribution in [3.8, 4) is 0 Å². The van der Waals surface area contributed by atoms with Crippen molar-refractivity contribution in [3.05, 3.63) is 54.2 Å². The lowest BCUT2D eigenvalue weighted by Crippen LogP contribution is -2.34. The van der Waals surface area contributed by atoms with Crippen LogP contribution in [-0.4, -0.2) is 37.2 Å². The summed E-state index contributed by atoms with van der Waals surface area (Å²) in [6, 6.07) is 10.3. The number of likely N-dealkylation sites (N-methyl/N-ethyl adjacent to an activating group) is 1. The van der Waals surface area contributed by atoms with Crippen molar-refractivity contribution in [1.82, 2.24) is 10.2 Å². The molecule has 1 unspecified atom stereocenters. The second kappa shape index (κ2) is 8.74. The molecular formula is C17H21FN2O2S. The molecule has 23 heavy (non-hydrogen) atoms. The molecule has 1 heterocycles. The highest BCUT2D eigenvalue weighted by Gasteiger charge is 2.17. The zero-order chi connectivity index (χ0) is 16.7. The van der Waals surface area contributed by atoms with E-state index in [1.807, 2.05) is 31.1 Å². The number of benzene rings is 1. The second-order valence-electron chi connectivity index (χ2n) is 5.33. The Morgan fingerprint density at radius 3 is 2.74 bits per heavy atom. The number of furan rings is 1. The Hall–Kier alpha value is -1.79. The van der Waals surface area contributed by atoms with Crippen molar-refractivity contribution >= 4 is 17.7 Å². The lowest BCUT2D eigenvalue weighted by Gasteiger charge is -2.22. The van der Waals surface area contributed by atoms with Crippen molar-refractivity contribution < 1.29 is 13.6 Å². The molecule has 4 nitrogen and oxygen atoms in total. The summed E-state index contributed by atoms with van der Waals surface area (Å²) in [5.41, 5.74) is 0. The predicted molar refractivity (Wildman–Crippen MR) is 89.9 cm³/mol. The largest absolute Gasteiger partial charge is 0.468 e. The number of halogens is 1. The summed E-state index contributed by atoms with van der Waals surface area (Å²) in [6.45, 7) is 0.476. The Labute approximate surface area is 140 Å². The van der Waals surface area contributed by atoms with Crippen molar-refractivity contribution in [2.75, 3.05) is 26.4 Å². The molecule has 0 radical (unpaired) electrons. The lowest BCUT2D eigenvalue weighted by atomic mass is 10.2. The number of thioether (sulfide) groups is 1. The van der Waals surface area contributed by atoms with Gasteiger partial charge in [0.05, 0.1) is 12.3 Å². The summed E-state index contributed by atoms with van der Waals surface area (Å²) in [7, 11) is 3.88. The highest BCUT2D eigenvalue weighted by molar-refractivity contribution is 7.99. The Kier molecular flexibility index (Phi) is 6.67. The van der Waals surface area contributed by atoms with Crippen LogP contribution in [0.25, 0.3) is 0 Å². The summed E-state index contributed by atoms with van der Waals surface area (Å²) in [5, 5.41) is 2.91. The maximum Gasteiger partial charge on any atom is 0.220 e. The molecule has 0 aliphatic heterocycles. The molecule has 1 atom stereocenters. The van der Waals surface area contributed by atoms with Gasteiger partial charge in [-0.3, -0.25) is 9.69 Å². The zero-order valence-electron chi connectivity index (χ0n) is 13.3. The molecule has 124 valence electrons. The van der Waals surface area contributed by atoms with E-state index < -0.39 is 0 Å². The van der Waals surface area contributed by atoms with Gasteiger partial charge < -0.3 is 9.73 Å². The fourth-order valence-corrected chi connectivity index (χ4v) is 3.02. The van der Waals surface area contributed by atoms with Crippen molar-refractivity contribution in [2.24, 2.45) is 0 Å². The Bertz CT molecular complexity index is 617. The van der Waals surface area contributed by atoms with Crippen molar-refractivity contribution in [3.63, 3.8) is 0 Å². The molecule has 0 bridgehead atoms. The van der Waals surface area contributed by atoms with Gasteiger partial charge in [-0.05, 0) is 38.4 Å². The van der Waals surface area contributed by atoms with Crippen LogP contribution in [0.5, 0.6) is 0 Å². The second-order valence-corrected chi connectivity index (χ2v) is 6.46. The third-order valence-corrected chi connectivity index (χ3v) is 4.46. The first-order valence-corrected chi connectivity index (χ1v) is 8.40. The summed E-state index contributed by atoms with van der Waals surface area (Å²) in [6.07, 6.45) is 1.97. The SMILES string of the molecule is CN(C)C(CNC(=O)CCSc1ccccc1F)c1ccco1. The van der Waals surface area contributed by atoms with E-state index in [0.717, 1.165) is 5.76 Å². The Balaban J connectivity index is 1.75. The van der Waals surface area contributed by atoms with E-state index >= 15 is 0 Å². The fraction of sp³-hybridized carbons (Fsp3) is 0.353. The van der Waals surface area contributed by atoms with Gasteiger partial charge in [0.15, 0.2) is 0 Å². The number of amides is 1. The van der Waals surface area contributed by atoms with Gasteiger partial charge in [0, 0.05) is 23.6 Å². The first-order chi connectivity index (χ1) is 11.1. The van der Waals surface area contributed by atoms with Crippen LogP contribution in [0.3, 0.4) is 0 Å². The van der Waals surface area contributed by atoms with Gasteiger partial charge in [-0.25, -0.2) is 4.39 Å². The number of hydrogen-bond donors (Lipinski definition) is 1. The average molecular weight is 336 g/mol. The topological polar surface area (TPSA) is 45.5 Å². The van der Waals surface area contributed by atoms with Crippen molar-refractivity contribution in [1.29, 1.82) is 0 Å². The minimum Gasteiger partial charge on any atom is -0.468 e. The normalized spacial score (nSPS) is 12.3. The van der Waals surface area contributed by atoms with E-state index in [9.17, 15) is 9.18 Å². The zero-order valence-corrected chi connectivity index (χ0v) is 14.1. The molecule has 0 aliphatic carbocycles. The molecule has 1 aromatic carbocycles. The molecule has 0 spiro atoms. The number of carbonyl (C=O) groups is 1. The maximum absolute atomic E-state index is 13.5. The van der Waals surface area contributed by atoms with Crippen LogP contribution in [0.2, 0.25) is 0 Å². The molecule has 2 aromatic rings. The van der Waals surface area contributed by atoms with Crippen LogP contribution in [0.1, 0.15) is 18.2 Å². The maximum atomic E-state index is 13.5. The molecule has 6 heteroatoms. The predicted octanol–water partition coefficient (Wildman–Crippen LogP) is 3.32. The smallest absolute Gasteiger partial charge is 0.220 e. The van der Waals surface area contributed by atoms with Crippen LogP contribution >= 0.6 is 11.8 Å². The minimum atomic E-state index is -0.247. The van der Waals surface area contributed by atoms with Gasteiger partial charge in [-0.1, -0.05) is 12.1 Å². The number of carbonyl (C=O) groups excluding carboxylic acids is 1. The molecule has 0 aliphatic rings. The van der Waals surface area contributed by atoms with Crippen molar-refractivity contribution in [2.45, 2.75) is 17.4 Å². The van der Waals surface area contributed by atoms with Gasteiger partial charge in [0.25, 0.3) is 0 Å². The summed E-state index contributed by atoms with van der Waals surface area (Å²) in [4.78, 5) is 14.5. The Morgan fingerprint density at radius 1 is 1.30 bits per heavy atom. The summed E-state index contributed by atoms with van der Waals surface area (Å²) in [5.74, 6) is 1.06. The molecule has 0 saturated carbocycles. The first kappa shape index (κ1) is 17.6. The fourth-order valence-electron chi connectivity index (χ4n) is 2.13. The van der Waals surface area contributed by atoms with Gasteiger partial charge in [-0.15, -0.1) is 11.8 Å². The first-order valence-electron chi connectivity index (χ1n) is 7.42. The lowest BCUT2D eigenvalue weighted by molar-refractivity contribution is -0.120. The summed E-state index contributed by atoms with van der Waals surface area (Å²) >= 11 is 1.35. The highest BCUT2D eigenvalue weighted by Crippen LogP contribution is 2.22. The number of hydrogen-bond acceptors (Lipinski definition) is 4. The van der Waals surface area contributed by atoms with Crippen LogP contribution in [0.4, 0.5) is 4.39 Å². The van der Waals surface area contributed by atoms with Crippen LogP contribution in [0.15, 0.2) is 52.0 Å². The highest BCUT2D eigenvalue weighted by atomic mass is 32.2. The van der Waals surface area contributed by atoms with Gasteiger partial charge in [-0.2, -0.15) is 0 Å². The Morgan fingerprint density at radius 2 is 2.09 bits per heavy atom. The average Bonchev–Trinajstić information content (AvgIpc) is 3.03. The van der Waals surface area contributed by atoms with Crippen LogP contribution in [0, 0.1) is 5.82 Å². The van der Waals surface area contributed by atoms with Crippen LogP contribution < -0.4 is 5.32 Å². The third-order valence-electron chi connectivity index (χ3n) is 3.41. The van der Waals surface area contributed by atoms with Gasteiger partial charge in [0.1, 0.15) is 11.6 Å². The molecular weight excluding hydrogens is 315 g/mol. The number of nitrogens with zero attached hydrogens (tertiary/aromatic N) is 1. The standard InChI is InChI=1S/C17H21FN2O2S/c1-20(2)14(15-7-5-10-22-15)12-19-17(21)9-11-23-16-8-4-3-6-13(16)18/h3-8,10,14H,9,11-12H2,1-2H3,(H,19,21). The number of nitrogens with one attached hydrogen (secondary N) is 1. The molecule has 1 N–H and O–H groups in total. The van der Waals surface area contributed by atoms with Gasteiger partial charge in [0.2, 0.25) is 5.91 Å². The summed E-state index contributed by atoms with van der Waals surface area (Å²) < 4.78 is 18.9. The van der Waals surface area contributed by atoms with E-state index in [0.29, 0.717) is 23.6 Å². The number of rotatable bonds is 8. The minimum absolute atomic E-state index is 0.00632. The monoisotopic (exact) mass is 336 g/mol. The molecule has 1 aromatic heterocycles. The quantitative estimate of drug-likeness (QED) is 0.751. The molecule has 0 fully saturated rings. The van der Waals surface area contributed by atoms with E-state index in [1.165, 1.54) is 17.8 Å². The third kappa shape index (κ3) is 5.41. The van der Waals surface area contributed by atoms with E-state index in [4.69, 9.17) is 4.42 Å². The molecule has 0 saturated heterocycles. The van der Waals surface area contributed by atoms with E-state index in [-0.39, 0.29) is 17.8 Å².